The maximum absolute atomic E-state index is 11.5. The molecule has 122 valence electrons. The Morgan fingerprint density at radius 1 is 1.04 bits per heavy atom. The molecule has 0 amide bonds. The molecule has 5 rings (SSSR count). The van der Waals surface area contributed by atoms with Gasteiger partial charge < -0.3 is 15.5 Å². The molecule has 4 saturated carbocycles. The minimum absolute atomic E-state index is 0.0789. The van der Waals surface area contributed by atoms with Crippen molar-refractivity contribution >= 4 is 11.4 Å². The van der Waals surface area contributed by atoms with E-state index in [1.807, 2.05) is 25.1 Å². The summed E-state index contributed by atoms with van der Waals surface area (Å²) in [7, 11) is 0. The largest absolute Gasteiger partial charge is 0.411 e. The van der Waals surface area contributed by atoms with Crippen molar-refractivity contribution in [2.45, 2.75) is 37.7 Å². The van der Waals surface area contributed by atoms with Crippen LogP contribution in [0.5, 0.6) is 0 Å². The quantitative estimate of drug-likeness (QED) is 0.550. The van der Waals surface area contributed by atoms with E-state index in [0.717, 1.165) is 12.0 Å². The Balaban J connectivity index is 1.95. The third-order valence-electron chi connectivity index (χ3n) is 6.83. The fourth-order valence-corrected chi connectivity index (χ4v) is 5.78. The minimum Gasteiger partial charge on any atom is -0.411 e. The van der Waals surface area contributed by atoms with Gasteiger partial charge in [-0.25, -0.2) is 0 Å². The molecule has 4 bridgehead atoms. The van der Waals surface area contributed by atoms with Gasteiger partial charge in [-0.1, -0.05) is 47.6 Å². The summed E-state index contributed by atoms with van der Waals surface area (Å²) >= 11 is 0. The molecular formula is C18H22N2O3. The van der Waals surface area contributed by atoms with E-state index in [1.54, 1.807) is 0 Å². The van der Waals surface area contributed by atoms with Gasteiger partial charge in [0.2, 0.25) is 0 Å². The highest BCUT2D eigenvalue weighted by Crippen LogP contribution is 2.64. The van der Waals surface area contributed by atoms with Crippen molar-refractivity contribution in [1.29, 1.82) is 0 Å². The van der Waals surface area contributed by atoms with Gasteiger partial charge in [0.25, 0.3) is 0 Å². The van der Waals surface area contributed by atoms with E-state index in [2.05, 4.69) is 29.4 Å². The molecule has 5 nitrogen and oxygen atoms in total. The lowest BCUT2D eigenvalue weighted by atomic mass is 9.38. The summed E-state index contributed by atoms with van der Waals surface area (Å²) in [5.74, 6) is -0.231. The van der Waals surface area contributed by atoms with Gasteiger partial charge in [0.1, 0.15) is 0 Å². The van der Waals surface area contributed by atoms with Gasteiger partial charge >= 0.3 is 0 Å². The van der Waals surface area contributed by atoms with E-state index in [-0.39, 0.29) is 23.7 Å². The zero-order valence-corrected chi connectivity index (χ0v) is 13.3. The highest BCUT2D eigenvalue weighted by molar-refractivity contribution is 6.13. The SMILES string of the molecule is CC1C2CC3(c4ccccc4)CC(C2=NO)/C(=N/O)C1[C@@]3(C)O. The first-order valence-corrected chi connectivity index (χ1v) is 8.19. The number of nitrogens with zero attached hydrogens (tertiary/aromatic N) is 2. The zero-order valence-electron chi connectivity index (χ0n) is 13.3. The third-order valence-corrected chi connectivity index (χ3v) is 6.83. The van der Waals surface area contributed by atoms with Crippen LogP contribution in [0, 0.1) is 23.7 Å². The number of aliphatic hydroxyl groups is 1. The van der Waals surface area contributed by atoms with Crippen LogP contribution in [0.3, 0.4) is 0 Å². The Kier molecular flexibility index (Phi) is 2.92. The molecule has 0 spiro atoms. The molecule has 3 N–H and O–H groups in total. The molecule has 4 aliphatic carbocycles. The Hall–Kier alpha value is -1.88. The van der Waals surface area contributed by atoms with Gasteiger partial charge in [-0.3, -0.25) is 0 Å². The second-order valence-electron chi connectivity index (χ2n) is 7.55. The van der Waals surface area contributed by atoms with Crippen molar-refractivity contribution in [3.05, 3.63) is 35.9 Å². The lowest BCUT2D eigenvalue weighted by Gasteiger charge is -2.66. The second kappa shape index (κ2) is 4.57. The van der Waals surface area contributed by atoms with Gasteiger partial charge in [0, 0.05) is 23.2 Å². The van der Waals surface area contributed by atoms with Crippen molar-refractivity contribution in [2.75, 3.05) is 0 Å². The summed E-state index contributed by atoms with van der Waals surface area (Å²) in [6.45, 7) is 3.93. The van der Waals surface area contributed by atoms with Crippen molar-refractivity contribution in [1.82, 2.24) is 0 Å². The predicted octanol–water partition coefficient (Wildman–Crippen LogP) is 2.64. The van der Waals surface area contributed by atoms with Crippen molar-refractivity contribution < 1.29 is 15.5 Å². The summed E-state index contributed by atoms with van der Waals surface area (Å²) in [6.07, 6.45) is 1.37. The number of hydrogen-bond acceptors (Lipinski definition) is 5. The smallest absolute Gasteiger partial charge is 0.0800 e. The number of oxime groups is 2. The van der Waals surface area contributed by atoms with Crippen LogP contribution in [0.4, 0.5) is 0 Å². The number of benzene rings is 1. The predicted molar refractivity (Wildman–Crippen MR) is 86.1 cm³/mol. The molecule has 5 unspecified atom stereocenters. The molecule has 6 atom stereocenters. The van der Waals surface area contributed by atoms with E-state index in [1.165, 1.54) is 0 Å². The molecule has 0 aliphatic heterocycles. The maximum Gasteiger partial charge on any atom is 0.0800 e. The van der Waals surface area contributed by atoms with Gasteiger partial charge in [0.15, 0.2) is 0 Å². The van der Waals surface area contributed by atoms with Gasteiger partial charge in [-0.15, -0.1) is 0 Å². The molecule has 23 heavy (non-hydrogen) atoms. The maximum atomic E-state index is 11.5. The Morgan fingerprint density at radius 2 is 1.70 bits per heavy atom. The molecule has 0 heterocycles. The summed E-state index contributed by atoms with van der Waals surface area (Å²) in [5, 5.41) is 37.7. The van der Waals surface area contributed by atoms with Crippen LogP contribution >= 0.6 is 0 Å². The normalized spacial score (nSPS) is 48.3. The number of rotatable bonds is 1. The van der Waals surface area contributed by atoms with Crippen molar-refractivity contribution in [3.8, 4) is 0 Å². The second-order valence-corrected chi connectivity index (χ2v) is 7.55. The third kappa shape index (κ3) is 1.56. The number of hydrogen-bond donors (Lipinski definition) is 3. The zero-order chi connectivity index (χ0) is 16.4. The van der Waals surface area contributed by atoms with E-state index in [0.29, 0.717) is 17.8 Å². The molecular weight excluding hydrogens is 292 g/mol. The summed E-state index contributed by atoms with van der Waals surface area (Å²) in [4.78, 5) is 0. The summed E-state index contributed by atoms with van der Waals surface area (Å²) in [5.41, 5.74) is 0.999. The van der Waals surface area contributed by atoms with E-state index >= 15 is 0 Å². The Morgan fingerprint density at radius 3 is 2.30 bits per heavy atom. The highest BCUT2D eigenvalue weighted by Gasteiger charge is 2.70. The molecule has 4 fully saturated rings. The summed E-state index contributed by atoms with van der Waals surface area (Å²) < 4.78 is 0. The molecule has 4 aliphatic rings. The Labute approximate surface area is 135 Å². The van der Waals surface area contributed by atoms with Crippen LogP contribution < -0.4 is 0 Å². The first-order chi connectivity index (χ1) is 11.0. The standard InChI is InChI=1S/C18H22N2O3/c1-10-12-8-18(11-6-4-3-5-7-11)9-13(15(12)19-22)16(20-23)14(10)17(18,2)21/h3-7,10,12-14,21-23H,8-9H2,1-2H3/b19-15?,20-16-/t10?,12?,13?,14?,17-,18?/m1/s1. The van der Waals surface area contributed by atoms with Gasteiger partial charge in [-0.2, -0.15) is 0 Å². The average Bonchev–Trinajstić information content (AvgIpc) is 2.56. The van der Waals surface area contributed by atoms with Crippen molar-refractivity contribution in [3.63, 3.8) is 0 Å². The van der Waals surface area contributed by atoms with E-state index in [9.17, 15) is 15.5 Å². The molecule has 1 aromatic carbocycles. The van der Waals surface area contributed by atoms with Crippen LogP contribution in [-0.4, -0.2) is 32.5 Å². The van der Waals surface area contributed by atoms with Crippen molar-refractivity contribution in [2.24, 2.45) is 34.0 Å². The van der Waals surface area contributed by atoms with Crippen LogP contribution in [0.15, 0.2) is 40.6 Å². The van der Waals surface area contributed by atoms with E-state index < -0.39 is 11.0 Å². The lowest BCUT2D eigenvalue weighted by molar-refractivity contribution is -0.132. The Bertz CT molecular complexity index is 697. The van der Waals surface area contributed by atoms with Crippen LogP contribution in [0.1, 0.15) is 32.3 Å². The van der Waals surface area contributed by atoms with Gasteiger partial charge in [-0.05, 0) is 31.2 Å². The van der Waals surface area contributed by atoms with Crippen LogP contribution in [0.2, 0.25) is 0 Å². The van der Waals surface area contributed by atoms with Gasteiger partial charge in [0.05, 0.1) is 17.0 Å². The van der Waals surface area contributed by atoms with Crippen LogP contribution in [-0.2, 0) is 5.41 Å². The molecule has 5 heteroatoms. The molecule has 0 saturated heterocycles. The summed E-state index contributed by atoms with van der Waals surface area (Å²) in [6, 6.07) is 10.1. The molecule has 0 radical (unpaired) electrons. The first-order valence-electron chi connectivity index (χ1n) is 8.19. The topological polar surface area (TPSA) is 85.4 Å². The molecule has 1 aromatic rings. The van der Waals surface area contributed by atoms with E-state index in [4.69, 9.17) is 0 Å². The minimum atomic E-state index is -0.997. The van der Waals surface area contributed by atoms with Crippen LogP contribution in [0.25, 0.3) is 0 Å². The fraction of sp³-hybridized carbons (Fsp3) is 0.556. The fourth-order valence-electron chi connectivity index (χ4n) is 5.78. The average molecular weight is 314 g/mol. The first kappa shape index (κ1) is 14.7. The monoisotopic (exact) mass is 314 g/mol. The highest BCUT2D eigenvalue weighted by atomic mass is 16.4. The molecule has 0 aromatic heterocycles. The lowest BCUT2D eigenvalue weighted by Crippen LogP contribution is -2.73.